The standard InChI is InChI=1S/C3H9O5PS.Li/c1-3-8-9(4,5)10(2,6)7;/h3H2,1-2H3,(H,4,5);/q;+1/p-1. The van der Waals surface area contributed by atoms with Crippen molar-refractivity contribution in [2.24, 2.45) is 0 Å². The quantitative estimate of drug-likeness (QED) is 0.344. The van der Waals surface area contributed by atoms with E-state index in [2.05, 4.69) is 4.52 Å². The molecule has 0 aliphatic rings. The summed E-state index contributed by atoms with van der Waals surface area (Å²) in [6.45, 7) is -3.41. The maximum atomic E-state index is 10.5. The molecule has 0 saturated carbocycles. The van der Waals surface area contributed by atoms with Gasteiger partial charge in [-0.2, -0.15) is 0 Å². The van der Waals surface area contributed by atoms with Crippen LogP contribution in [-0.2, 0) is 18.5 Å². The summed E-state index contributed by atoms with van der Waals surface area (Å²) in [6.07, 6.45) is 0.594. The van der Waals surface area contributed by atoms with Gasteiger partial charge in [0.05, 0.1) is 6.61 Å². The first-order chi connectivity index (χ1) is 4.31. The zero-order chi connectivity index (χ0) is 8.41. The average Bonchev–Trinajstić information content (AvgIpc) is 1.61. The summed E-state index contributed by atoms with van der Waals surface area (Å²) in [7, 11) is -4.09. The Balaban J connectivity index is 0. The van der Waals surface area contributed by atoms with Crippen LogP contribution in [0.4, 0.5) is 0 Å². The Morgan fingerprint density at radius 3 is 2.00 bits per heavy atom. The van der Waals surface area contributed by atoms with Crippen LogP contribution < -0.4 is 23.8 Å². The van der Waals surface area contributed by atoms with Crippen molar-refractivity contribution in [1.29, 1.82) is 0 Å². The fourth-order valence-corrected chi connectivity index (χ4v) is 1.65. The maximum absolute atomic E-state index is 10.5. The summed E-state index contributed by atoms with van der Waals surface area (Å²) in [5, 5.41) is 0. The largest absolute Gasteiger partial charge is 1.00 e. The molecule has 11 heavy (non-hydrogen) atoms. The van der Waals surface area contributed by atoms with Crippen molar-refractivity contribution < 1.29 is 41.3 Å². The molecule has 0 aromatic carbocycles. The fourth-order valence-electron chi connectivity index (χ4n) is 0.254. The molecule has 0 amide bonds. The van der Waals surface area contributed by atoms with Crippen LogP contribution in [0.1, 0.15) is 6.92 Å². The van der Waals surface area contributed by atoms with Crippen LogP contribution in [0.2, 0.25) is 0 Å². The second-order valence-electron chi connectivity index (χ2n) is 1.60. The normalized spacial score (nSPS) is 16.6. The zero-order valence-corrected chi connectivity index (χ0v) is 8.31. The fraction of sp³-hybridized carbons (Fsp3) is 1.00. The Labute approximate surface area is 77.5 Å². The molecular formula is C3H8LiO5PS. The van der Waals surface area contributed by atoms with Crippen LogP contribution >= 0.6 is 6.80 Å². The summed E-state index contributed by atoms with van der Waals surface area (Å²) in [5.41, 5.74) is 0. The summed E-state index contributed by atoms with van der Waals surface area (Å²) in [5.74, 6) is 0. The molecule has 0 rings (SSSR count). The van der Waals surface area contributed by atoms with Gasteiger partial charge in [-0.15, -0.1) is 0 Å². The predicted molar refractivity (Wildman–Crippen MR) is 34.1 cm³/mol. The predicted octanol–water partition coefficient (Wildman–Crippen LogP) is -3.46. The van der Waals surface area contributed by atoms with E-state index in [-0.39, 0.29) is 25.5 Å². The van der Waals surface area contributed by atoms with Crippen LogP contribution in [-0.4, -0.2) is 21.3 Å². The smallest absolute Gasteiger partial charge is 0.767 e. The topological polar surface area (TPSA) is 83.5 Å². The summed E-state index contributed by atoms with van der Waals surface area (Å²) < 4.78 is 35.2. The third kappa shape index (κ3) is 4.31. The third-order valence-corrected chi connectivity index (χ3v) is 4.83. The van der Waals surface area contributed by atoms with Gasteiger partial charge in [0.25, 0.3) is 6.80 Å². The monoisotopic (exact) mass is 194 g/mol. The van der Waals surface area contributed by atoms with E-state index < -0.39 is 16.3 Å². The number of hydrogen-bond acceptors (Lipinski definition) is 5. The van der Waals surface area contributed by atoms with Gasteiger partial charge in [0, 0.05) is 6.26 Å². The minimum Gasteiger partial charge on any atom is -0.767 e. The van der Waals surface area contributed by atoms with E-state index in [4.69, 9.17) is 0 Å². The van der Waals surface area contributed by atoms with Crippen molar-refractivity contribution in [1.82, 2.24) is 0 Å². The van der Waals surface area contributed by atoms with Crippen molar-refractivity contribution in [3.63, 3.8) is 0 Å². The number of rotatable bonds is 3. The van der Waals surface area contributed by atoms with Crippen molar-refractivity contribution in [2.75, 3.05) is 12.9 Å². The molecule has 1 unspecified atom stereocenters. The molecule has 0 saturated heterocycles. The Hall–Kier alpha value is 0.697. The Morgan fingerprint density at radius 2 is 1.91 bits per heavy atom. The van der Waals surface area contributed by atoms with E-state index in [1.165, 1.54) is 6.92 Å². The van der Waals surface area contributed by atoms with E-state index in [1.807, 2.05) is 0 Å². The molecule has 0 aliphatic heterocycles. The number of hydrogen-bond donors (Lipinski definition) is 0. The minimum absolute atomic E-state index is 0. The molecular weight excluding hydrogens is 186 g/mol. The molecule has 0 aromatic rings. The Kier molecular flexibility index (Phi) is 6.03. The second kappa shape index (κ2) is 4.66. The van der Waals surface area contributed by atoms with Gasteiger partial charge < -0.3 is 9.42 Å². The van der Waals surface area contributed by atoms with Gasteiger partial charge in [-0.1, -0.05) is 0 Å². The Morgan fingerprint density at radius 1 is 1.55 bits per heavy atom. The molecule has 1 atom stereocenters. The summed E-state index contributed by atoms with van der Waals surface area (Å²) in [6, 6.07) is 0. The van der Waals surface area contributed by atoms with Gasteiger partial charge in [-0.05, 0) is 6.92 Å². The first-order valence-corrected chi connectivity index (χ1v) is 6.51. The molecule has 8 heteroatoms. The van der Waals surface area contributed by atoms with Crippen LogP contribution in [0.3, 0.4) is 0 Å². The van der Waals surface area contributed by atoms with Crippen molar-refractivity contribution in [3.05, 3.63) is 0 Å². The molecule has 5 nitrogen and oxygen atoms in total. The Bertz CT molecular complexity index is 246. The maximum Gasteiger partial charge on any atom is 1.00 e. The molecule has 0 bridgehead atoms. The van der Waals surface area contributed by atoms with Gasteiger partial charge in [0.15, 0.2) is 0 Å². The van der Waals surface area contributed by atoms with E-state index in [1.54, 1.807) is 0 Å². The molecule has 0 aromatic heterocycles. The van der Waals surface area contributed by atoms with Crippen molar-refractivity contribution in [2.45, 2.75) is 6.92 Å². The van der Waals surface area contributed by atoms with Gasteiger partial charge in [-0.25, -0.2) is 8.42 Å². The van der Waals surface area contributed by atoms with E-state index in [0.717, 1.165) is 0 Å². The van der Waals surface area contributed by atoms with Crippen LogP contribution in [0.5, 0.6) is 0 Å². The SMILES string of the molecule is CCOP(=O)([O-])S(C)(=O)=O.[Li+]. The van der Waals surface area contributed by atoms with Gasteiger partial charge in [0.2, 0.25) is 9.46 Å². The third-order valence-electron chi connectivity index (χ3n) is 0.693. The zero-order valence-electron chi connectivity index (χ0n) is 6.60. The van der Waals surface area contributed by atoms with E-state index in [9.17, 15) is 17.9 Å². The molecule has 0 heterocycles. The van der Waals surface area contributed by atoms with Crippen molar-refractivity contribution >= 4 is 16.3 Å². The molecule has 0 aliphatic carbocycles. The second-order valence-corrected chi connectivity index (χ2v) is 7.55. The van der Waals surface area contributed by atoms with E-state index in [0.29, 0.717) is 6.26 Å². The van der Waals surface area contributed by atoms with Crippen LogP contribution in [0.15, 0.2) is 0 Å². The van der Waals surface area contributed by atoms with Crippen molar-refractivity contribution in [3.8, 4) is 0 Å². The molecule has 0 N–H and O–H groups in total. The average molecular weight is 194 g/mol. The van der Waals surface area contributed by atoms with Crippen LogP contribution in [0.25, 0.3) is 0 Å². The van der Waals surface area contributed by atoms with Gasteiger partial charge in [-0.3, -0.25) is 4.57 Å². The first-order valence-electron chi connectivity index (χ1n) is 2.47. The van der Waals surface area contributed by atoms with Gasteiger partial charge in [0.1, 0.15) is 0 Å². The first kappa shape index (κ1) is 14.2. The molecule has 0 radical (unpaired) electrons. The molecule has 0 fully saturated rings. The van der Waals surface area contributed by atoms with Crippen LogP contribution in [0, 0.1) is 0 Å². The molecule has 0 spiro atoms. The summed E-state index contributed by atoms with van der Waals surface area (Å²) >= 11 is 0. The summed E-state index contributed by atoms with van der Waals surface area (Å²) in [4.78, 5) is 10.5. The van der Waals surface area contributed by atoms with Gasteiger partial charge >= 0.3 is 18.9 Å². The van der Waals surface area contributed by atoms with E-state index >= 15 is 0 Å². The minimum atomic E-state index is -4.65. The molecule has 62 valence electrons.